The fourth-order valence-electron chi connectivity index (χ4n) is 2.37. The van der Waals surface area contributed by atoms with Crippen LogP contribution in [0.5, 0.6) is 0 Å². The van der Waals surface area contributed by atoms with E-state index in [9.17, 15) is 4.79 Å². The van der Waals surface area contributed by atoms with E-state index >= 15 is 0 Å². The Balaban J connectivity index is 1.97. The average molecular weight is 280 g/mol. The molecule has 3 rings (SSSR count). The fourth-order valence-corrected chi connectivity index (χ4v) is 2.37. The first-order valence-corrected chi connectivity index (χ1v) is 6.64. The number of nitrogens with two attached hydrogens (primary N) is 1. The Bertz CT molecular complexity index is 822. The number of nitrogen functional groups attached to an aromatic ring is 1. The number of amides is 1. The smallest absolute Gasteiger partial charge is 0.261 e. The Morgan fingerprint density at radius 3 is 2.86 bits per heavy atom. The molecule has 0 saturated carbocycles. The van der Waals surface area contributed by atoms with E-state index in [1.165, 1.54) is 0 Å². The van der Waals surface area contributed by atoms with Gasteiger partial charge < -0.3 is 15.6 Å². The van der Waals surface area contributed by atoms with Gasteiger partial charge in [0.2, 0.25) is 0 Å². The molecule has 106 valence electrons. The van der Waals surface area contributed by atoms with E-state index in [1.807, 2.05) is 25.1 Å². The Morgan fingerprint density at radius 1 is 1.29 bits per heavy atom. The summed E-state index contributed by atoms with van der Waals surface area (Å²) in [4.78, 5) is 21.3. The molecule has 1 aromatic carbocycles. The second kappa shape index (κ2) is 4.94. The van der Waals surface area contributed by atoms with Gasteiger partial charge in [-0.25, -0.2) is 4.98 Å². The van der Waals surface area contributed by atoms with E-state index in [4.69, 9.17) is 5.73 Å². The van der Waals surface area contributed by atoms with Crippen molar-refractivity contribution in [3.05, 3.63) is 53.9 Å². The molecule has 3 aromatic rings. The zero-order chi connectivity index (χ0) is 15.0. The molecule has 0 unspecified atom stereocenters. The van der Waals surface area contributed by atoms with Crippen molar-refractivity contribution >= 4 is 28.3 Å². The second-order valence-electron chi connectivity index (χ2n) is 5.02. The maximum absolute atomic E-state index is 12.5. The molecular formula is C16H16N4O. The third kappa shape index (κ3) is 2.33. The van der Waals surface area contributed by atoms with Crippen LogP contribution in [0.2, 0.25) is 0 Å². The number of benzene rings is 1. The molecule has 3 N–H and O–H groups in total. The molecule has 0 saturated heterocycles. The molecule has 0 radical (unpaired) electrons. The number of nitrogens with one attached hydrogen (secondary N) is 1. The first kappa shape index (κ1) is 13.2. The monoisotopic (exact) mass is 280 g/mol. The standard InChI is InChI=1S/C16H16N4O/c1-10-8-11-9-12(5-6-14(11)19-10)20(2)16(21)13-4-3-7-18-15(13)17/h3-9,19H,1-2H3,(H2,17,18). The van der Waals surface area contributed by atoms with Gasteiger partial charge in [-0.05, 0) is 43.3 Å². The lowest BCUT2D eigenvalue weighted by Gasteiger charge is -2.18. The van der Waals surface area contributed by atoms with Crippen LogP contribution in [-0.4, -0.2) is 22.9 Å². The quantitative estimate of drug-likeness (QED) is 0.758. The average Bonchev–Trinajstić information content (AvgIpc) is 2.85. The summed E-state index contributed by atoms with van der Waals surface area (Å²) in [6, 6.07) is 11.3. The van der Waals surface area contributed by atoms with Crippen LogP contribution in [0.15, 0.2) is 42.6 Å². The fraction of sp³-hybridized carbons (Fsp3) is 0.125. The largest absolute Gasteiger partial charge is 0.383 e. The number of hydrogen-bond acceptors (Lipinski definition) is 3. The zero-order valence-corrected chi connectivity index (χ0v) is 11.9. The third-order valence-electron chi connectivity index (χ3n) is 3.50. The Labute approximate surface area is 122 Å². The van der Waals surface area contributed by atoms with Gasteiger partial charge in [0.1, 0.15) is 5.82 Å². The summed E-state index contributed by atoms with van der Waals surface area (Å²) in [5, 5.41) is 1.07. The molecule has 0 aliphatic carbocycles. The number of carbonyl (C=O) groups excluding carboxylic acids is 1. The minimum Gasteiger partial charge on any atom is -0.383 e. The minimum atomic E-state index is -0.174. The van der Waals surface area contributed by atoms with Crippen molar-refractivity contribution < 1.29 is 4.79 Å². The van der Waals surface area contributed by atoms with Gasteiger partial charge in [-0.15, -0.1) is 0 Å². The molecule has 0 atom stereocenters. The number of aryl methyl sites for hydroxylation is 1. The molecule has 2 aromatic heterocycles. The number of pyridine rings is 1. The molecule has 21 heavy (non-hydrogen) atoms. The lowest BCUT2D eigenvalue weighted by atomic mass is 10.2. The molecule has 0 aliphatic heterocycles. The van der Waals surface area contributed by atoms with E-state index in [0.29, 0.717) is 5.56 Å². The zero-order valence-electron chi connectivity index (χ0n) is 11.9. The van der Waals surface area contributed by atoms with Gasteiger partial charge in [0.15, 0.2) is 0 Å². The minimum absolute atomic E-state index is 0.174. The van der Waals surface area contributed by atoms with Crippen LogP contribution < -0.4 is 10.6 Å². The molecule has 5 heteroatoms. The molecule has 1 amide bonds. The molecule has 5 nitrogen and oxygen atoms in total. The third-order valence-corrected chi connectivity index (χ3v) is 3.50. The van der Waals surface area contributed by atoms with Crippen LogP contribution >= 0.6 is 0 Å². The maximum atomic E-state index is 12.5. The van der Waals surface area contributed by atoms with Gasteiger partial charge in [0, 0.05) is 35.5 Å². The van der Waals surface area contributed by atoms with E-state index in [0.717, 1.165) is 22.3 Å². The lowest BCUT2D eigenvalue weighted by molar-refractivity contribution is 0.0993. The van der Waals surface area contributed by atoms with E-state index < -0.39 is 0 Å². The summed E-state index contributed by atoms with van der Waals surface area (Å²) in [7, 11) is 1.73. The van der Waals surface area contributed by atoms with Crippen LogP contribution in [0.25, 0.3) is 10.9 Å². The highest BCUT2D eigenvalue weighted by Crippen LogP contribution is 2.23. The van der Waals surface area contributed by atoms with E-state index in [2.05, 4.69) is 16.0 Å². The van der Waals surface area contributed by atoms with Gasteiger partial charge in [-0.2, -0.15) is 0 Å². The number of aromatic amines is 1. The van der Waals surface area contributed by atoms with Gasteiger partial charge in [0.05, 0.1) is 5.56 Å². The van der Waals surface area contributed by atoms with Crippen molar-refractivity contribution in [3.8, 4) is 0 Å². The highest BCUT2D eigenvalue weighted by molar-refractivity contribution is 6.09. The summed E-state index contributed by atoms with van der Waals surface area (Å²) in [6.07, 6.45) is 1.57. The number of nitrogens with zero attached hydrogens (tertiary/aromatic N) is 2. The van der Waals surface area contributed by atoms with Crippen molar-refractivity contribution in [3.63, 3.8) is 0 Å². The molecule has 2 heterocycles. The predicted octanol–water partition coefficient (Wildman–Crippen LogP) is 2.73. The SMILES string of the molecule is Cc1cc2cc(N(C)C(=O)c3cccnc3N)ccc2[nH]1. The van der Waals surface area contributed by atoms with Crippen molar-refractivity contribution in [1.29, 1.82) is 0 Å². The Morgan fingerprint density at radius 2 is 2.10 bits per heavy atom. The first-order chi connectivity index (χ1) is 10.1. The number of hydrogen-bond donors (Lipinski definition) is 2. The second-order valence-corrected chi connectivity index (χ2v) is 5.02. The first-order valence-electron chi connectivity index (χ1n) is 6.64. The number of H-pyrrole nitrogens is 1. The summed E-state index contributed by atoms with van der Waals surface area (Å²) in [5.74, 6) is 0.0696. The number of aromatic nitrogens is 2. The maximum Gasteiger partial charge on any atom is 0.261 e. The van der Waals surface area contributed by atoms with Crippen molar-refractivity contribution in [2.24, 2.45) is 0 Å². The molecule has 0 fully saturated rings. The van der Waals surface area contributed by atoms with Crippen LogP contribution in [0.3, 0.4) is 0 Å². The number of anilines is 2. The van der Waals surface area contributed by atoms with Crippen LogP contribution in [0, 0.1) is 6.92 Å². The van der Waals surface area contributed by atoms with Crippen molar-refractivity contribution in [2.75, 3.05) is 17.7 Å². The topological polar surface area (TPSA) is 75.0 Å². The number of carbonyl (C=O) groups is 1. The molecule has 0 bridgehead atoms. The predicted molar refractivity (Wildman–Crippen MR) is 84.4 cm³/mol. The highest BCUT2D eigenvalue weighted by Gasteiger charge is 2.16. The molecular weight excluding hydrogens is 264 g/mol. The van der Waals surface area contributed by atoms with Crippen LogP contribution in [0.1, 0.15) is 16.1 Å². The van der Waals surface area contributed by atoms with Gasteiger partial charge in [-0.1, -0.05) is 0 Å². The summed E-state index contributed by atoms with van der Waals surface area (Å²) in [5.41, 5.74) is 9.13. The van der Waals surface area contributed by atoms with Gasteiger partial charge in [-0.3, -0.25) is 4.79 Å². The Kier molecular flexibility index (Phi) is 3.10. The van der Waals surface area contributed by atoms with E-state index in [1.54, 1.807) is 30.3 Å². The van der Waals surface area contributed by atoms with Gasteiger partial charge in [0.25, 0.3) is 5.91 Å². The van der Waals surface area contributed by atoms with Gasteiger partial charge >= 0.3 is 0 Å². The molecule has 0 aliphatic rings. The number of fused-ring (bicyclic) bond motifs is 1. The summed E-state index contributed by atoms with van der Waals surface area (Å²) >= 11 is 0. The normalized spacial score (nSPS) is 10.8. The Hall–Kier alpha value is -2.82. The summed E-state index contributed by atoms with van der Waals surface area (Å²) < 4.78 is 0. The summed E-state index contributed by atoms with van der Waals surface area (Å²) in [6.45, 7) is 2.00. The van der Waals surface area contributed by atoms with Crippen LogP contribution in [0.4, 0.5) is 11.5 Å². The van der Waals surface area contributed by atoms with E-state index in [-0.39, 0.29) is 11.7 Å². The van der Waals surface area contributed by atoms with Crippen molar-refractivity contribution in [1.82, 2.24) is 9.97 Å². The van der Waals surface area contributed by atoms with Crippen molar-refractivity contribution in [2.45, 2.75) is 6.92 Å². The van der Waals surface area contributed by atoms with Crippen LogP contribution in [-0.2, 0) is 0 Å². The number of rotatable bonds is 2. The lowest BCUT2D eigenvalue weighted by Crippen LogP contribution is -2.27. The highest BCUT2D eigenvalue weighted by atomic mass is 16.2. The molecule has 0 spiro atoms.